The van der Waals surface area contributed by atoms with Crippen LogP contribution in [0.3, 0.4) is 0 Å². The minimum absolute atomic E-state index is 0.0474. The van der Waals surface area contributed by atoms with E-state index in [1.165, 1.54) is 0 Å². The van der Waals surface area contributed by atoms with Crippen LogP contribution >= 0.6 is 0 Å². The Labute approximate surface area is 207 Å². The second-order valence-electron chi connectivity index (χ2n) is 10.00. The molecular formula is C26H36N8O. The Morgan fingerprint density at radius 2 is 1.89 bits per heavy atom. The first kappa shape index (κ1) is 24.5. The van der Waals surface area contributed by atoms with Crippen LogP contribution in [0.25, 0.3) is 0 Å². The zero-order chi connectivity index (χ0) is 25.3. The van der Waals surface area contributed by atoms with E-state index < -0.39 is 0 Å². The standard InChI is InChI=1S/C26H36N8O/c1-17-8-9-21-23(29-17)26(2,3)16-34(21)18-10-11-28-22(14-18)30-20-15-19(27)24(31-25(20)35-7)33(6)13-12-32(4)5/h8-11,14-15H,12-13,16,27H2,1-7H3,(H,28,30). The molecule has 0 fully saturated rings. The molecule has 4 heterocycles. The Kier molecular flexibility index (Phi) is 6.71. The Hall–Kier alpha value is -3.59. The summed E-state index contributed by atoms with van der Waals surface area (Å²) in [5.74, 6) is 1.84. The van der Waals surface area contributed by atoms with Gasteiger partial charge in [0.1, 0.15) is 11.5 Å². The van der Waals surface area contributed by atoms with E-state index in [1.54, 1.807) is 13.3 Å². The summed E-state index contributed by atoms with van der Waals surface area (Å²) in [5.41, 5.74) is 11.9. The van der Waals surface area contributed by atoms with Gasteiger partial charge in [-0.2, -0.15) is 4.98 Å². The average Bonchev–Trinajstić information content (AvgIpc) is 3.08. The average molecular weight is 477 g/mol. The van der Waals surface area contributed by atoms with Crippen LogP contribution in [-0.2, 0) is 5.41 Å². The maximum atomic E-state index is 6.38. The Balaban J connectivity index is 1.61. The number of nitrogens with zero attached hydrogens (tertiary/aromatic N) is 6. The molecule has 9 nitrogen and oxygen atoms in total. The van der Waals surface area contributed by atoms with E-state index in [0.717, 1.165) is 42.4 Å². The van der Waals surface area contributed by atoms with E-state index in [0.29, 0.717) is 28.9 Å². The van der Waals surface area contributed by atoms with Gasteiger partial charge in [0.2, 0.25) is 5.88 Å². The van der Waals surface area contributed by atoms with Crippen molar-refractivity contribution in [2.24, 2.45) is 0 Å². The second-order valence-corrected chi connectivity index (χ2v) is 10.00. The fourth-order valence-corrected chi connectivity index (χ4v) is 4.35. The van der Waals surface area contributed by atoms with Crippen LogP contribution in [0.5, 0.6) is 5.88 Å². The van der Waals surface area contributed by atoms with E-state index in [4.69, 9.17) is 15.5 Å². The lowest BCUT2D eigenvalue weighted by molar-refractivity contribution is 0.398. The van der Waals surface area contributed by atoms with Crippen molar-refractivity contribution in [2.75, 3.05) is 68.7 Å². The summed E-state index contributed by atoms with van der Waals surface area (Å²) in [4.78, 5) is 20.5. The number of fused-ring (bicyclic) bond motifs is 1. The van der Waals surface area contributed by atoms with Gasteiger partial charge in [-0.05, 0) is 45.3 Å². The molecule has 0 saturated carbocycles. The smallest absolute Gasteiger partial charge is 0.239 e. The quantitative estimate of drug-likeness (QED) is 0.501. The molecule has 1 aliphatic heterocycles. The van der Waals surface area contributed by atoms with Gasteiger partial charge in [-0.25, -0.2) is 4.98 Å². The summed E-state index contributed by atoms with van der Waals surface area (Å²) >= 11 is 0. The van der Waals surface area contributed by atoms with E-state index in [9.17, 15) is 0 Å². The van der Waals surface area contributed by atoms with Crippen molar-refractivity contribution < 1.29 is 4.74 Å². The summed E-state index contributed by atoms with van der Waals surface area (Å²) in [6, 6.07) is 10.1. The second kappa shape index (κ2) is 9.58. The van der Waals surface area contributed by atoms with Crippen LogP contribution in [0, 0.1) is 6.92 Å². The molecule has 35 heavy (non-hydrogen) atoms. The van der Waals surface area contributed by atoms with Crippen molar-refractivity contribution in [1.82, 2.24) is 19.9 Å². The van der Waals surface area contributed by atoms with Crippen LogP contribution in [0.1, 0.15) is 25.2 Å². The molecule has 0 aliphatic carbocycles. The van der Waals surface area contributed by atoms with Gasteiger partial charge in [-0.3, -0.25) is 4.98 Å². The molecule has 1 aliphatic rings. The van der Waals surface area contributed by atoms with Gasteiger partial charge in [0, 0.05) is 55.7 Å². The molecule has 0 saturated heterocycles. The summed E-state index contributed by atoms with van der Waals surface area (Å²) in [6.07, 6.45) is 1.80. The number of aryl methyl sites for hydroxylation is 1. The largest absolute Gasteiger partial charge is 0.479 e. The first-order valence-electron chi connectivity index (χ1n) is 11.8. The maximum Gasteiger partial charge on any atom is 0.239 e. The highest BCUT2D eigenvalue weighted by Gasteiger charge is 2.37. The maximum absolute atomic E-state index is 6.38. The van der Waals surface area contributed by atoms with E-state index in [1.807, 2.05) is 51.2 Å². The molecule has 0 amide bonds. The van der Waals surface area contributed by atoms with E-state index in [-0.39, 0.29) is 5.41 Å². The van der Waals surface area contributed by atoms with Crippen LogP contribution < -0.4 is 25.6 Å². The number of methoxy groups -OCH3 is 1. The molecule has 3 N–H and O–H groups in total. The van der Waals surface area contributed by atoms with Crippen molar-refractivity contribution in [1.29, 1.82) is 0 Å². The predicted molar refractivity (Wildman–Crippen MR) is 144 cm³/mol. The van der Waals surface area contributed by atoms with Gasteiger partial charge >= 0.3 is 0 Å². The third-order valence-corrected chi connectivity index (χ3v) is 6.25. The monoisotopic (exact) mass is 476 g/mol. The molecule has 3 aromatic rings. The number of nitrogens with two attached hydrogens (primary N) is 1. The minimum atomic E-state index is -0.0474. The van der Waals surface area contributed by atoms with Crippen LogP contribution in [0.4, 0.5) is 34.4 Å². The number of hydrogen-bond acceptors (Lipinski definition) is 9. The van der Waals surface area contributed by atoms with Gasteiger partial charge in [0.05, 0.1) is 24.2 Å². The summed E-state index contributed by atoms with van der Waals surface area (Å²) in [6.45, 7) is 9.03. The van der Waals surface area contributed by atoms with Gasteiger partial charge < -0.3 is 30.5 Å². The molecule has 0 spiro atoms. The van der Waals surface area contributed by atoms with Gasteiger partial charge in [0.25, 0.3) is 0 Å². The first-order chi connectivity index (χ1) is 16.6. The molecule has 9 heteroatoms. The van der Waals surface area contributed by atoms with E-state index in [2.05, 4.69) is 51.1 Å². The fourth-order valence-electron chi connectivity index (χ4n) is 4.35. The number of anilines is 6. The van der Waals surface area contributed by atoms with Crippen molar-refractivity contribution in [2.45, 2.75) is 26.2 Å². The molecule has 0 aromatic carbocycles. The summed E-state index contributed by atoms with van der Waals surface area (Å²) in [7, 11) is 7.66. The zero-order valence-electron chi connectivity index (χ0n) is 21.8. The molecule has 0 atom stereocenters. The third kappa shape index (κ3) is 5.09. The van der Waals surface area contributed by atoms with Crippen LogP contribution in [0.2, 0.25) is 0 Å². The highest BCUT2D eigenvalue weighted by molar-refractivity contribution is 5.77. The molecule has 0 bridgehead atoms. The summed E-state index contributed by atoms with van der Waals surface area (Å²) < 4.78 is 5.59. The zero-order valence-corrected chi connectivity index (χ0v) is 21.8. The molecule has 0 radical (unpaired) electrons. The van der Waals surface area contributed by atoms with Gasteiger partial charge in [-0.1, -0.05) is 13.8 Å². The lowest BCUT2D eigenvalue weighted by atomic mass is 9.91. The lowest BCUT2D eigenvalue weighted by Crippen LogP contribution is -2.29. The normalized spacial score (nSPS) is 14.2. The van der Waals surface area contributed by atoms with Crippen molar-refractivity contribution in [3.05, 3.63) is 47.9 Å². The van der Waals surface area contributed by atoms with Crippen molar-refractivity contribution in [3.63, 3.8) is 0 Å². The number of nitrogen functional groups attached to an aromatic ring is 1. The summed E-state index contributed by atoms with van der Waals surface area (Å²) in [5, 5.41) is 3.35. The Bertz CT molecular complexity index is 1210. The van der Waals surface area contributed by atoms with E-state index >= 15 is 0 Å². The third-order valence-electron chi connectivity index (χ3n) is 6.25. The number of hydrogen-bond donors (Lipinski definition) is 2. The number of rotatable bonds is 8. The topological polar surface area (TPSA) is 95.7 Å². The predicted octanol–water partition coefficient (Wildman–Crippen LogP) is 3.94. The Morgan fingerprint density at radius 1 is 1.11 bits per heavy atom. The number of nitrogens with one attached hydrogen (secondary N) is 1. The molecule has 3 aromatic heterocycles. The number of likely N-dealkylation sites (N-methyl/N-ethyl adjacent to an activating group) is 2. The Morgan fingerprint density at radius 3 is 2.60 bits per heavy atom. The minimum Gasteiger partial charge on any atom is -0.479 e. The number of aromatic nitrogens is 3. The molecule has 186 valence electrons. The van der Waals surface area contributed by atoms with Crippen molar-refractivity contribution in [3.8, 4) is 5.88 Å². The highest BCUT2D eigenvalue weighted by atomic mass is 16.5. The fraction of sp³-hybridized carbons (Fsp3) is 0.423. The van der Waals surface area contributed by atoms with Crippen LogP contribution in [0.15, 0.2) is 36.5 Å². The highest BCUT2D eigenvalue weighted by Crippen LogP contribution is 2.43. The van der Waals surface area contributed by atoms with Gasteiger partial charge in [0.15, 0.2) is 5.82 Å². The molecule has 0 unspecified atom stereocenters. The number of pyridine rings is 3. The van der Waals surface area contributed by atoms with Crippen molar-refractivity contribution >= 4 is 34.4 Å². The molecular weight excluding hydrogens is 440 g/mol. The SMILES string of the molecule is COc1nc(N(C)CCN(C)C)c(N)cc1Nc1cc(N2CC(C)(C)c3nc(C)ccc32)ccn1. The first-order valence-corrected chi connectivity index (χ1v) is 11.8. The van der Waals surface area contributed by atoms with Gasteiger partial charge in [-0.15, -0.1) is 0 Å². The molecule has 4 rings (SSSR count). The number of ether oxygens (including phenoxy) is 1. The van der Waals surface area contributed by atoms with Crippen LogP contribution in [-0.4, -0.2) is 67.7 Å². The lowest BCUT2D eigenvalue weighted by Gasteiger charge is -2.24.